The van der Waals surface area contributed by atoms with Crippen LogP contribution in [0.15, 0.2) is 42.6 Å². The summed E-state index contributed by atoms with van der Waals surface area (Å²) in [7, 11) is 1.72. The van der Waals surface area contributed by atoms with E-state index < -0.39 is 0 Å². The second-order valence-electron chi connectivity index (χ2n) is 9.81. The third-order valence-corrected chi connectivity index (χ3v) is 6.60. The van der Waals surface area contributed by atoms with Crippen LogP contribution in [0.25, 0.3) is 0 Å². The molecule has 1 unspecified atom stereocenters. The van der Waals surface area contributed by atoms with E-state index in [0.29, 0.717) is 25.3 Å². The third kappa shape index (κ3) is 5.95. The van der Waals surface area contributed by atoms with E-state index in [-0.39, 0.29) is 23.7 Å². The van der Waals surface area contributed by atoms with Gasteiger partial charge in [0.15, 0.2) is 0 Å². The Kier molecular flexibility index (Phi) is 7.86. The Morgan fingerprint density at radius 2 is 2.03 bits per heavy atom. The highest BCUT2D eigenvalue weighted by atomic mass is 16.5. The SMILES string of the molecule is COCC1CN(Cc2ccccn2)CC2(CCN(C(=O)c3ccc(OC(C)C)c(C)c3)CC2)O1. The first-order valence-corrected chi connectivity index (χ1v) is 12.2. The number of aryl methyl sites for hydroxylation is 1. The summed E-state index contributed by atoms with van der Waals surface area (Å²) in [5.74, 6) is 0.903. The standard InChI is InChI=1S/C27H37N3O4/c1-20(2)33-25-9-8-22(15-21(25)3)26(31)30-13-10-27(11-14-30)19-29(17-24(34-27)18-32-4)16-23-7-5-6-12-28-23/h5-9,12,15,20,24H,10-11,13-14,16-19H2,1-4H3. The molecule has 1 aromatic heterocycles. The number of hydrogen-bond donors (Lipinski definition) is 0. The van der Waals surface area contributed by atoms with Gasteiger partial charge in [0.1, 0.15) is 5.75 Å². The number of carbonyl (C=O) groups excluding carboxylic acids is 1. The van der Waals surface area contributed by atoms with E-state index in [1.165, 1.54) is 0 Å². The normalized spacial score (nSPS) is 20.6. The molecule has 1 spiro atoms. The van der Waals surface area contributed by atoms with Crippen molar-refractivity contribution < 1.29 is 19.0 Å². The minimum Gasteiger partial charge on any atom is -0.491 e. The van der Waals surface area contributed by atoms with Crippen LogP contribution in [0.2, 0.25) is 0 Å². The lowest BCUT2D eigenvalue weighted by Gasteiger charge is -2.50. The Hall–Kier alpha value is -2.48. The summed E-state index contributed by atoms with van der Waals surface area (Å²) in [4.78, 5) is 22.1. The predicted octanol–water partition coefficient (Wildman–Crippen LogP) is 3.70. The Morgan fingerprint density at radius 1 is 1.24 bits per heavy atom. The molecule has 1 atom stereocenters. The molecule has 2 fully saturated rings. The Bertz CT molecular complexity index is 958. The zero-order valence-corrected chi connectivity index (χ0v) is 20.8. The zero-order chi connectivity index (χ0) is 24.1. The lowest BCUT2D eigenvalue weighted by atomic mass is 9.88. The van der Waals surface area contributed by atoms with Crippen molar-refractivity contribution >= 4 is 5.91 Å². The average molecular weight is 468 g/mol. The molecule has 3 heterocycles. The number of likely N-dealkylation sites (tertiary alicyclic amines) is 1. The molecule has 184 valence electrons. The second-order valence-corrected chi connectivity index (χ2v) is 9.81. The van der Waals surface area contributed by atoms with Crippen LogP contribution in [0.5, 0.6) is 5.75 Å². The van der Waals surface area contributed by atoms with Gasteiger partial charge in [-0.15, -0.1) is 0 Å². The summed E-state index contributed by atoms with van der Waals surface area (Å²) < 4.78 is 17.8. The maximum atomic E-state index is 13.2. The number of piperidine rings is 1. The number of ether oxygens (including phenoxy) is 3. The van der Waals surface area contributed by atoms with Crippen molar-refractivity contribution in [2.45, 2.75) is 58.0 Å². The molecule has 2 aliphatic heterocycles. The molecule has 0 aliphatic carbocycles. The van der Waals surface area contributed by atoms with Gasteiger partial charge in [0.25, 0.3) is 5.91 Å². The predicted molar refractivity (Wildman–Crippen MR) is 131 cm³/mol. The lowest BCUT2D eigenvalue weighted by molar-refractivity contribution is -0.187. The van der Waals surface area contributed by atoms with E-state index in [9.17, 15) is 4.79 Å². The highest BCUT2D eigenvalue weighted by Crippen LogP contribution is 2.34. The van der Waals surface area contributed by atoms with Crippen LogP contribution in [0, 0.1) is 6.92 Å². The first-order valence-electron chi connectivity index (χ1n) is 12.2. The summed E-state index contributed by atoms with van der Waals surface area (Å²) in [5.41, 5.74) is 2.49. The average Bonchev–Trinajstić information content (AvgIpc) is 2.81. The number of aromatic nitrogens is 1. The monoisotopic (exact) mass is 467 g/mol. The fourth-order valence-corrected chi connectivity index (χ4v) is 5.05. The summed E-state index contributed by atoms with van der Waals surface area (Å²) in [6.45, 7) is 10.4. The largest absolute Gasteiger partial charge is 0.491 e. The molecule has 2 saturated heterocycles. The van der Waals surface area contributed by atoms with Gasteiger partial charge < -0.3 is 19.1 Å². The van der Waals surface area contributed by atoms with Gasteiger partial charge in [-0.2, -0.15) is 0 Å². The molecule has 0 radical (unpaired) electrons. The highest BCUT2D eigenvalue weighted by molar-refractivity contribution is 5.94. The molecule has 2 aliphatic rings. The molecular formula is C27H37N3O4. The van der Waals surface area contributed by atoms with Gasteiger partial charge in [-0.1, -0.05) is 6.07 Å². The minimum atomic E-state index is -0.266. The maximum Gasteiger partial charge on any atom is 0.253 e. The van der Waals surface area contributed by atoms with E-state index in [2.05, 4.69) is 16.0 Å². The Labute approximate surface area is 203 Å². The van der Waals surface area contributed by atoms with Crippen LogP contribution < -0.4 is 4.74 Å². The number of methoxy groups -OCH3 is 1. The van der Waals surface area contributed by atoms with Crippen molar-refractivity contribution in [3.05, 3.63) is 59.4 Å². The fourth-order valence-electron chi connectivity index (χ4n) is 5.05. The van der Waals surface area contributed by atoms with Crippen molar-refractivity contribution in [2.75, 3.05) is 39.9 Å². The van der Waals surface area contributed by atoms with Crippen LogP contribution in [-0.4, -0.2) is 78.4 Å². The molecular weight excluding hydrogens is 430 g/mol. The molecule has 1 aromatic carbocycles. The van der Waals surface area contributed by atoms with Crippen LogP contribution in [0.1, 0.15) is 48.3 Å². The summed E-state index contributed by atoms with van der Waals surface area (Å²) in [5, 5.41) is 0. The molecule has 7 heteroatoms. The molecule has 7 nitrogen and oxygen atoms in total. The summed E-state index contributed by atoms with van der Waals surface area (Å²) in [6.07, 6.45) is 3.58. The van der Waals surface area contributed by atoms with E-state index in [0.717, 1.165) is 49.5 Å². The molecule has 2 aromatic rings. The van der Waals surface area contributed by atoms with Crippen LogP contribution in [-0.2, 0) is 16.0 Å². The maximum absolute atomic E-state index is 13.2. The zero-order valence-electron chi connectivity index (χ0n) is 20.8. The van der Waals surface area contributed by atoms with Crippen molar-refractivity contribution in [3.8, 4) is 5.75 Å². The third-order valence-electron chi connectivity index (χ3n) is 6.60. The number of morpholine rings is 1. The lowest BCUT2D eigenvalue weighted by Crippen LogP contribution is -2.60. The van der Waals surface area contributed by atoms with Crippen LogP contribution in [0.4, 0.5) is 0 Å². The number of carbonyl (C=O) groups is 1. The molecule has 34 heavy (non-hydrogen) atoms. The fraction of sp³-hybridized carbons (Fsp3) is 0.556. The van der Waals surface area contributed by atoms with Crippen molar-refractivity contribution in [2.24, 2.45) is 0 Å². The Balaban J connectivity index is 1.41. The molecule has 0 saturated carbocycles. The van der Waals surface area contributed by atoms with Gasteiger partial charge >= 0.3 is 0 Å². The van der Waals surface area contributed by atoms with E-state index >= 15 is 0 Å². The number of hydrogen-bond acceptors (Lipinski definition) is 6. The van der Waals surface area contributed by atoms with E-state index in [1.54, 1.807) is 7.11 Å². The van der Waals surface area contributed by atoms with Gasteiger partial charge in [-0.3, -0.25) is 14.7 Å². The summed E-state index contributed by atoms with van der Waals surface area (Å²) >= 11 is 0. The smallest absolute Gasteiger partial charge is 0.253 e. The number of amides is 1. The number of benzene rings is 1. The van der Waals surface area contributed by atoms with Gasteiger partial charge in [0.2, 0.25) is 0 Å². The first-order chi connectivity index (χ1) is 16.4. The second kappa shape index (κ2) is 10.8. The van der Waals surface area contributed by atoms with Gasteiger partial charge in [0, 0.05) is 51.6 Å². The molecule has 0 bridgehead atoms. The van der Waals surface area contributed by atoms with Gasteiger partial charge in [0.05, 0.1) is 30.1 Å². The van der Waals surface area contributed by atoms with Gasteiger partial charge in [-0.25, -0.2) is 0 Å². The number of rotatable bonds is 7. The first kappa shape index (κ1) is 24.6. The van der Waals surface area contributed by atoms with Crippen molar-refractivity contribution in [3.63, 3.8) is 0 Å². The van der Waals surface area contributed by atoms with Crippen LogP contribution >= 0.6 is 0 Å². The minimum absolute atomic E-state index is 0.0147. The van der Waals surface area contributed by atoms with E-state index in [4.69, 9.17) is 14.2 Å². The molecule has 0 N–H and O–H groups in total. The van der Waals surface area contributed by atoms with Crippen molar-refractivity contribution in [1.29, 1.82) is 0 Å². The van der Waals surface area contributed by atoms with Crippen molar-refractivity contribution in [1.82, 2.24) is 14.8 Å². The summed E-state index contributed by atoms with van der Waals surface area (Å²) in [6, 6.07) is 11.7. The highest BCUT2D eigenvalue weighted by Gasteiger charge is 2.43. The number of nitrogens with zero attached hydrogens (tertiary/aromatic N) is 3. The van der Waals surface area contributed by atoms with Crippen LogP contribution in [0.3, 0.4) is 0 Å². The quantitative estimate of drug-likeness (QED) is 0.619. The van der Waals surface area contributed by atoms with E-state index in [1.807, 2.05) is 62.2 Å². The molecule has 4 rings (SSSR count). The molecule has 1 amide bonds. The van der Waals surface area contributed by atoms with Gasteiger partial charge in [-0.05, 0) is 69.5 Å². The number of pyridine rings is 1. The topological polar surface area (TPSA) is 64.1 Å². The Morgan fingerprint density at radius 3 is 2.68 bits per heavy atom.